The molecular weight excluding hydrogens is 340 g/mol. The Balaban J connectivity index is 2.12. The highest BCUT2D eigenvalue weighted by Gasteiger charge is 2.16. The second-order valence-corrected chi connectivity index (χ2v) is 5.87. The number of nitrogens with one attached hydrogen (secondary N) is 1. The molecule has 25 heavy (non-hydrogen) atoms. The molecule has 0 saturated heterocycles. The number of rotatable bonds is 9. The molecule has 1 aromatic heterocycles. The predicted molar refractivity (Wildman–Crippen MR) is 98.4 cm³/mol. The van der Waals surface area contributed by atoms with Gasteiger partial charge in [0.1, 0.15) is 0 Å². The molecule has 1 N–H and O–H groups in total. The Morgan fingerprint density at radius 3 is 2.80 bits per heavy atom. The van der Waals surface area contributed by atoms with E-state index in [1.807, 2.05) is 19.1 Å². The summed E-state index contributed by atoms with van der Waals surface area (Å²) in [6, 6.07) is 6.99. The standard InChI is InChI=1S/C19H23ClN2O3/c1-3-5-9-25-18-16(20)10-15(11-17(18)24-4-2)19(23)22-13-14-7-6-8-21-12-14/h6-8,10-12H,3-5,9,13H2,1-2H3,(H,22,23). The number of pyridine rings is 1. The number of hydrogen-bond donors (Lipinski definition) is 1. The van der Waals surface area contributed by atoms with Gasteiger partial charge in [-0.25, -0.2) is 0 Å². The summed E-state index contributed by atoms with van der Waals surface area (Å²) in [5.41, 5.74) is 1.35. The van der Waals surface area contributed by atoms with Crippen LogP contribution in [-0.2, 0) is 6.54 Å². The first kappa shape index (κ1) is 19.1. The Labute approximate surface area is 153 Å². The third-order valence-corrected chi connectivity index (χ3v) is 3.77. The van der Waals surface area contributed by atoms with Crippen molar-refractivity contribution in [3.05, 3.63) is 52.8 Å². The van der Waals surface area contributed by atoms with Gasteiger partial charge >= 0.3 is 0 Å². The minimum Gasteiger partial charge on any atom is -0.490 e. The van der Waals surface area contributed by atoms with Crippen molar-refractivity contribution in [2.24, 2.45) is 0 Å². The van der Waals surface area contributed by atoms with Gasteiger partial charge in [0.05, 0.1) is 18.2 Å². The van der Waals surface area contributed by atoms with Crippen molar-refractivity contribution in [3.63, 3.8) is 0 Å². The molecule has 0 aliphatic carbocycles. The van der Waals surface area contributed by atoms with Crippen LogP contribution in [0.15, 0.2) is 36.7 Å². The Bertz CT molecular complexity index is 693. The van der Waals surface area contributed by atoms with Crippen LogP contribution in [0.4, 0.5) is 0 Å². The van der Waals surface area contributed by atoms with Crippen LogP contribution in [0.2, 0.25) is 5.02 Å². The van der Waals surface area contributed by atoms with E-state index in [1.54, 1.807) is 24.5 Å². The minimum absolute atomic E-state index is 0.230. The number of benzene rings is 1. The summed E-state index contributed by atoms with van der Waals surface area (Å²) in [4.78, 5) is 16.4. The van der Waals surface area contributed by atoms with Gasteiger partial charge in [0, 0.05) is 24.5 Å². The number of amides is 1. The minimum atomic E-state index is -0.230. The van der Waals surface area contributed by atoms with E-state index >= 15 is 0 Å². The quantitative estimate of drug-likeness (QED) is 0.678. The fraction of sp³-hybridized carbons (Fsp3) is 0.368. The first-order valence-electron chi connectivity index (χ1n) is 8.42. The number of carbonyl (C=O) groups is 1. The fourth-order valence-corrected chi connectivity index (χ4v) is 2.47. The SMILES string of the molecule is CCCCOc1c(Cl)cc(C(=O)NCc2cccnc2)cc1OCC. The van der Waals surface area contributed by atoms with Gasteiger partial charge in [0.25, 0.3) is 5.91 Å². The van der Waals surface area contributed by atoms with Gasteiger partial charge in [-0.1, -0.05) is 31.0 Å². The largest absolute Gasteiger partial charge is 0.490 e. The molecule has 1 heterocycles. The molecule has 0 atom stereocenters. The Kier molecular flexibility index (Phi) is 7.54. The summed E-state index contributed by atoms with van der Waals surface area (Å²) in [5, 5.41) is 3.22. The summed E-state index contributed by atoms with van der Waals surface area (Å²) in [7, 11) is 0. The van der Waals surface area contributed by atoms with E-state index in [-0.39, 0.29) is 5.91 Å². The lowest BCUT2D eigenvalue weighted by Crippen LogP contribution is -2.23. The van der Waals surface area contributed by atoms with Crippen LogP contribution in [0.5, 0.6) is 11.5 Å². The van der Waals surface area contributed by atoms with E-state index in [0.29, 0.717) is 41.8 Å². The number of ether oxygens (including phenoxy) is 2. The van der Waals surface area contributed by atoms with Gasteiger partial charge in [-0.15, -0.1) is 0 Å². The van der Waals surface area contributed by atoms with Crippen molar-refractivity contribution in [2.75, 3.05) is 13.2 Å². The third-order valence-electron chi connectivity index (χ3n) is 3.49. The Morgan fingerprint density at radius 1 is 1.28 bits per heavy atom. The van der Waals surface area contributed by atoms with Crippen LogP contribution >= 0.6 is 11.6 Å². The predicted octanol–water partition coefficient (Wildman–Crippen LogP) is 4.24. The van der Waals surface area contributed by atoms with Gasteiger partial charge < -0.3 is 14.8 Å². The molecule has 0 radical (unpaired) electrons. The number of aromatic nitrogens is 1. The number of carbonyl (C=O) groups excluding carboxylic acids is 1. The molecule has 0 saturated carbocycles. The van der Waals surface area contributed by atoms with Crippen molar-refractivity contribution >= 4 is 17.5 Å². The Morgan fingerprint density at radius 2 is 2.12 bits per heavy atom. The molecule has 1 aromatic carbocycles. The highest BCUT2D eigenvalue weighted by molar-refractivity contribution is 6.32. The van der Waals surface area contributed by atoms with Crippen LogP contribution in [0.1, 0.15) is 42.6 Å². The lowest BCUT2D eigenvalue weighted by molar-refractivity contribution is 0.0950. The molecule has 0 spiro atoms. The van der Waals surface area contributed by atoms with Crippen molar-refractivity contribution in [3.8, 4) is 11.5 Å². The highest BCUT2D eigenvalue weighted by Crippen LogP contribution is 2.36. The molecule has 1 amide bonds. The normalized spacial score (nSPS) is 10.4. The molecule has 0 unspecified atom stereocenters. The van der Waals surface area contributed by atoms with Crippen LogP contribution < -0.4 is 14.8 Å². The molecule has 6 heteroatoms. The number of halogens is 1. The summed E-state index contributed by atoms with van der Waals surface area (Å²) >= 11 is 6.32. The maximum Gasteiger partial charge on any atom is 0.251 e. The fourth-order valence-electron chi connectivity index (χ4n) is 2.21. The van der Waals surface area contributed by atoms with Crippen molar-refractivity contribution in [1.29, 1.82) is 0 Å². The van der Waals surface area contributed by atoms with Gasteiger partial charge in [0.2, 0.25) is 0 Å². The van der Waals surface area contributed by atoms with E-state index < -0.39 is 0 Å². The van der Waals surface area contributed by atoms with Crippen molar-refractivity contribution < 1.29 is 14.3 Å². The highest BCUT2D eigenvalue weighted by atomic mass is 35.5. The molecule has 0 fully saturated rings. The van der Waals surface area contributed by atoms with Crippen LogP contribution in [-0.4, -0.2) is 24.1 Å². The van der Waals surface area contributed by atoms with E-state index in [0.717, 1.165) is 18.4 Å². The van der Waals surface area contributed by atoms with Crippen molar-refractivity contribution in [1.82, 2.24) is 10.3 Å². The topological polar surface area (TPSA) is 60.5 Å². The maximum absolute atomic E-state index is 12.4. The lowest BCUT2D eigenvalue weighted by atomic mass is 10.1. The number of hydrogen-bond acceptors (Lipinski definition) is 4. The molecular formula is C19H23ClN2O3. The molecule has 134 valence electrons. The number of nitrogens with zero attached hydrogens (tertiary/aromatic N) is 1. The van der Waals surface area contributed by atoms with Gasteiger partial charge in [-0.05, 0) is 37.1 Å². The van der Waals surface area contributed by atoms with E-state index in [2.05, 4.69) is 17.2 Å². The molecule has 5 nitrogen and oxygen atoms in total. The van der Waals surface area contributed by atoms with Crippen LogP contribution in [0, 0.1) is 0 Å². The maximum atomic E-state index is 12.4. The second kappa shape index (κ2) is 9.89. The Hall–Kier alpha value is -2.27. The average molecular weight is 363 g/mol. The zero-order chi connectivity index (χ0) is 18.1. The van der Waals surface area contributed by atoms with E-state index in [4.69, 9.17) is 21.1 Å². The monoisotopic (exact) mass is 362 g/mol. The van der Waals surface area contributed by atoms with Gasteiger partial charge in [-0.3, -0.25) is 9.78 Å². The molecule has 0 bridgehead atoms. The summed E-state index contributed by atoms with van der Waals surface area (Å²) in [5.74, 6) is 0.741. The first-order valence-corrected chi connectivity index (χ1v) is 8.79. The summed E-state index contributed by atoms with van der Waals surface area (Å²) in [6.07, 6.45) is 5.35. The first-order chi connectivity index (χ1) is 12.2. The average Bonchev–Trinajstić information content (AvgIpc) is 2.62. The second-order valence-electron chi connectivity index (χ2n) is 5.46. The van der Waals surface area contributed by atoms with Crippen LogP contribution in [0.3, 0.4) is 0 Å². The van der Waals surface area contributed by atoms with E-state index in [9.17, 15) is 4.79 Å². The lowest BCUT2D eigenvalue weighted by Gasteiger charge is -2.15. The number of unbranched alkanes of at least 4 members (excludes halogenated alkanes) is 1. The van der Waals surface area contributed by atoms with Crippen LogP contribution in [0.25, 0.3) is 0 Å². The van der Waals surface area contributed by atoms with E-state index in [1.165, 1.54) is 0 Å². The third kappa shape index (κ3) is 5.64. The molecule has 2 rings (SSSR count). The summed E-state index contributed by atoms with van der Waals surface area (Å²) in [6.45, 7) is 5.37. The van der Waals surface area contributed by atoms with Crippen molar-refractivity contribution in [2.45, 2.75) is 33.2 Å². The molecule has 2 aromatic rings. The molecule has 0 aliphatic heterocycles. The zero-order valence-electron chi connectivity index (χ0n) is 14.5. The smallest absolute Gasteiger partial charge is 0.251 e. The zero-order valence-corrected chi connectivity index (χ0v) is 15.3. The summed E-state index contributed by atoms with van der Waals surface area (Å²) < 4.78 is 11.3. The van der Waals surface area contributed by atoms with Gasteiger partial charge in [-0.2, -0.15) is 0 Å². The van der Waals surface area contributed by atoms with Gasteiger partial charge in [0.15, 0.2) is 11.5 Å². The molecule has 0 aliphatic rings.